The van der Waals surface area contributed by atoms with Crippen LogP contribution in [0.25, 0.3) is 11.5 Å². The van der Waals surface area contributed by atoms with Gasteiger partial charge in [-0.05, 0) is 18.6 Å². The van der Waals surface area contributed by atoms with Crippen LogP contribution < -0.4 is 0 Å². The van der Waals surface area contributed by atoms with E-state index in [9.17, 15) is 0 Å². The minimum absolute atomic E-state index is 0.601. The third-order valence-corrected chi connectivity index (χ3v) is 2.27. The number of rotatable bonds is 3. The molecule has 0 fully saturated rings. The van der Waals surface area contributed by atoms with Gasteiger partial charge in [-0.3, -0.25) is 0 Å². The molecule has 0 aromatic carbocycles. The van der Waals surface area contributed by atoms with Crippen LogP contribution in [-0.2, 0) is 6.42 Å². The Morgan fingerprint density at radius 3 is 3.07 bits per heavy atom. The van der Waals surface area contributed by atoms with Crippen LogP contribution in [0, 0.1) is 4.64 Å². The Morgan fingerprint density at radius 1 is 1.53 bits per heavy atom. The van der Waals surface area contributed by atoms with Crippen LogP contribution >= 0.6 is 12.2 Å². The van der Waals surface area contributed by atoms with Crippen LogP contribution in [0.15, 0.2) is 28.9 Å². The predicted octanol–water partition coefficient (Wildman–Crippen LogP) is 3.35. The summed E-state index contributed by atoms with van der Waals surface area (Å²) in [5.41, 5.74) is 0.892. The zero-order valence-corrected chi connectivity index (χ0v) is 9.30. The third kappa shape index (κ3) is 2.33. The molecule has 4 heteroatoms. The maximum Gasteiger partial charge on any atom is 0.150 e. The Bertz CT molecular complexity index is 488. The van der Waals surface area contributed by atoms with E-state index in [1.165, 1.54) is 0 Å². The molecule has 0 spiro atoms. The van der Waals surface area contributed by atoms with Crippen molar-refractivity contribution in [3.05, 3.63) is 34.9 Å². The molecular formula is C11H12N2OS. The number of hydrogen-bond acceptors (Lipinski definition) is 3. The molecular weight excluding hydrogens is 208 g/mol. The van der Waals surface area contributed by atoms with Gasteiger partial charge < -0.3 is 9.40 Å². The highest BCUT2D eigenvalue weighted by atomic mass is 32.1. The predicted molar refractivity (Wildman–Crippen MR) is 61.1 cm³/mol. The molecule has 2 rings (SSSR count). The quantitative estimate of drug-likeness (QED) is 0.806. The standard InChI is InChI=1S/C11H12N2OS/c1-2-4-10-12-8(7-11(15)13-10)9-5-3-6-14-9/h3,5-7H,2,4H2,1H3,(H,12,13,15). The van der Waals surface area contributed by atoms with Gasteiger partial charge in [0.25, 0.3) is 0 Å². The third-order valence-electron chi connectivity index (χ3n) is 2.07. The Hall–Kier alpha value is -1.42. The minimum atomic E-state index is 0.601. The first-order chi connectivity index (χ1) is 7.29. The van der Waals surface area contributed by atoms with Crippen LogP contribution in [0.1, 0.15) is 19.2 Å². The number of aromatic nitrogens is 2. The molecule has 2 aromatic heterocycles. The van der Waals surface area contributed by atoms with Crippen molar-refractivity contribution in [2.75, 3.05) is 0 Å². The van der Waals surface area contributed by atoms with E-state index in [-0.39, 0.29) is 0 Å². The molecule has 0 saturated heterocycles. The van der Waals surface area contributed by atoms with Gasteiger partial charge in [-0.25, -0.2) is 4.98 Å². The molecule has 3 nitrogen and oxygen atoms in total. The van der Waals surface area contributed by atoms with Crippen LogP contribution in [0.3, 0.4) is 0 Å². The van der Waals surface area contributed by atoms with E-state index in [1.54, 1.807) is 6.26 Å². The first-order valence-electron chi connectivity index (χ1n) is 4.93. The normalized spacial score (nSPS) is 10.5. The van der Waals surface area contributed by atoms with Gasteiger partial charge in [0.1, 0.15) is 16.2 Å². The van der Waals surface area contributed by atoms with Gasteiger partial charge in [-0.2, -0.15) is 0 Å². The lowest BCUT2D eigenvalue weighted by molar-refractivity contribution is 0.579. The van der Waals surface area contributed by atoms with Gasteiger partial charge >= 0.3 is 0 Å². The second-order valence-corrected chi connectivity index (χ2v) is 3.73. The molecule has 2 heterocycles. The fraction of sp³-hybridized carbons (Fsp3) is 0.273. The Kier molecular flexibility index (Phi) is 2.97. The maximum atomic E-state index is 5.30. The molecule has 0 bridgehead atoms. The summed E-state index contributed by atoms with van der Waals surface area (Å²) >= 11 is 5.10. The molecule has 0 unspecified atom stereocenters. The lowest BCUT2D eigenvalue weighted by atomic mass is 10.3. The number of nitrogens with one attached hydrogen (secondary N) is 1. The highest BCUT2D eigenvalue weighted by Crippen LogP contribution is 2.17. The largest absolute Gasteiger partial charge is 0.463 e. The zero-order chi connectivity index (χ0) is 10.7. The highest BCUT2D eigenvalue weighted by molar-refractivity contribution is 7.71. The van der Waals surface area contributed by atoms with Crippen molar-refractivity contribution in [1.82, 2.24) is 9.97 Å². The SMILES string of the molecule is CCCc1nc(=S)cc(-c2ccco2)[nH]1. The number of aryl methyl sites for hydroxylation is 1. The van der Waals surface area contributed by atoms with Crippen molar-refractivity contribution in [3.8, 4) is 11.5 Å². The van der Waals surface area contributed by atoms with Crippen molar-refractivity contribution in [2.24, 2.45) is 0 Å². The highest BCUT2D eigenvalue weighted by Gasteiger charge is 2.03. The number of H-pyrrole nitrogens is 1. The summed E-state index contributed by atoms with van der Waals surface area (Å²) in [7, 11) is 0. The first-order valence-corrected chi connectivity index (χ1v) is 5.34. The van der Waals surface area contributed by atoms with Crippen molar-refractivity contribution in [2.45, 2.75) is 19.8 Å². The average molecular weight is 220 g/mol. The fourth-order valence-electron chi connectivity index (χ4n) is 1.43. The summed E-state index contributed by atoms with van der Waals surface area (Å²) in [6.45, 7) is 2.11. The van der Waals surface area contributed by atoms with Crippen molar-refractivity contribution >= 4 is 12.2 Å². The lowest BCUT2D eigenvalue weighted by Crippen LogP contribution is -1.96. The smallest absolute Gasteiger partial charge is 0.150 e. The number of hydrogen-bond donors (Lipinski definition) is 1. The molecule has 0 atom stereocenters. The van der Waals surface area contributed by atoms with E-state index < -0.39 is 0 Å². The zero-order valence-electron chi connectivity index (χ0n) is 8.49. The second kappa shape index (κ2) is 4.40. The average Bonchev–Trinajstić information content (AvgIpc) is 2.70. The van der Waals surface area contributed by atoms with Crippen molar-refractivity contribution < 1.29 is 4.42 Å². The Balaban J connectivity index is 2.44. The van der Waals surface area contributed by atoms with Gasteiger partial charge in [0.2, 0.25) is 0 Å². The van der Waals surface area contributed by atoms with Crippen LogP contribution in [0.5, 0.6) is 0 Å². The van der Waals surface area contributed by atoms with Crippen LogP contribution in [-0.4, -0.2) is 9.97 Å². The monoisotopic (exact) mass is 220 g/mol. The summed E-state index contributed by atoms with van der Waals surface area (Å²) in [5.74, 6) is 1.71. The van der Waals surface area contributed by atoms with Gasteiger partial charge in [0, 0.05) is 12.5 Å². The van der Waals surface area contributed by atoms with E-state index in [0.717, 1.165) is 30.1 Å². The number of nitrogens with zero attached hydrogens (tertiary/aromatic N) is 1. The molecule has 2 aromatic rings. The van der Waals surface area contributed by atoms with Gasteiger partial charge in [0.15, 0.2) is 0 Å². The molecule has 0 amide bonds. The van der Waals surface area contributed by atoms with Crippen LogP contribution in [0.2, 0.25) is 0 Å². The van der Waals surface area contributed by atoms with E-state index >= 15 is 0 Å². The number of aromatic amines is 1. The minimum Gasteiger partial charge on any atom is -0.463 e. The van der Waals surface area contributed by atoms with Crippen LogP contribution in [0.4, 0.5) is 0 Å². The molecule has 0 saturated carbocycles. The lowest BCUT2D eigenvalue weighted by Gasteiger charge is -2.02. The molecule has 78 valence electrons. The topological polar surface area (TPSA) is 41.8 Å². The van der Waals surface area contributed by atoms with Gasteiger partial charge in [0.05, 0.1) is 12.0 Å². The molecule has 1 N–H and O–H groups in total. The van der Waals surface area contributed by atoms with E-state index in [2.05, 4.69) is 16.9 Å². The van der Waals surface area contributed by atoms with Gasteiger partial charge in [-0.1, -0.05) is 19.1 Å². The second-order valence-electron chi connectivity index (χ2n) is 3.31. The molecule has 0 aliphatic rings. The summed E-state index contributed by atoms with van der Waals surface area (Å²) in [5, 5.41) is 0. The van der Waals surface area contributed by atoms with E-state index in [1.807, 2.05) is 18.2 Å². The van der Waals surface area contributed by atoms with E-state index in [4.69, 9.17) is 16.6 Å². The summed E-state index contributed by atoms with van der Waals surface area (Å²) < 4.78 is 5.90. The molecule has 0 radical (unpaired) electrons. The van der Waals surface area contributed by atoms with Gasteiger partial charge in [-0.15, -0.1) is 0 Å². The molecule has 15 heavy (non-hydrogen) atoms. The van der Waals surface area contributed by atoms with Crippen molar-refractivity contribution in [1.29, 1.82) is 0 Å². The summed E-state index contributed by atoms with van der Waals surface area (Å²) in [6, 6.07) is 5.57. The Morgan fingerprint density at radius 2 is 2.40 bits per heavy atom. The Labute approximate surface area is 93.2 Å². The van der Waals surface area contributed by atoms with E-state index in [0.29, 0.717) is 4.64 Å². The molecule has 0 aliphatic heterocycles. The van der Waals surface area contributed by atoms with Crippen molar-refractivity contribution in [3.63, 3.8) is 0 Å². The maximum absolute atomic E-state index is 5.30. The summed E-state index contributed by atoms with van der Waals surface area (Å²) in [4.78, 5) is 7.47. The molecule has 0 aliphatic carbocycles. The fourth-order valence-corrected chi connectivity index (χ4v) is 1.66. The number of furan rings is 1. The first kappa shape index (κ1) is 10.1. The summed E-state index contributed by atoms with van der Waals surface area (Å²) in [6.07, 6.45) is 3.59.